The highest BCUT2D eigenvalue weighted by Gasteiger charge is 2.09. The zero-order valence-corrected chi connectivity index (χ0v) is 12.8. The molecular weight excluding hydrogens is 288 g/mol. The second kappa shape index (κ2) is 6.78. The summed E-state index contributed by atoms with van der Waals surface area (Å²) in [6.45, 7) is 0. The molecule has 1 heterocycles. The van der Waals surface area contributed by atoms with Crippen LogP contribution in [0.3, 0.4) is 0 Å². The molecule has 0 bridgehead atoms. The van der Waals surface area contributed by atoms with Crippen molar-refractivity contribution in [3.8, 4) is 0 Å². The molecule has 0 aliphatic carbocycles. The zero-order valence-electron chi connectivity index (χ0n) is 12.0. The Balaban J connectivity index is 2.02. The van der Waals surface area contributed by atoms with Crippen LogP contribution in [0.25, 0.3) is 0 Å². The number of aliphatic hydroxyl groups excluding tert-OH is 1. The van der Waals surface area contributed by atoms with E-state index >= 15 is 0 Å². The lowest BCUT2D eigenvalue weighted by molar-refractivity contribution is 0.204. The summed E-state index contributed by atoms with van der Waals surface area (Å²) in [5, 5.41) is 10.1. The second-order valence-electron chi connectivity index (χ2n) is 4.82. The molecule has 112 valence electrons. The minimum atomic E-state index is -0.556. The number of hydrogen-bond acceptors (Lipinski definition) is 4. The predicted octanol–water partition coefficient (Wildman–Crippen LogP) is 1.05. The summed E-state index contributed by atoms with van der Waals surface area (Å²) in [7, 11) is 3.10. The van der Waals surface area contributed by atoms with Crippen molar-refractivity contribution >= 4 is 11.8 Å². The maximum atomic E-state index is 11.8. The van der Waals surface area contributed by atoms with Gasteiger partial charge in [-0.2, -0.15) is 11.8 Å². The molecule has 1 aromatic heterocycles. The fraction of sp³-hybridized carbons (Fsp3) is 0.333. The summed E-state index contributed by atoms with van der Waals surface area (Å²) in [6.07, 6.45) is -0.556. The SMILES string of the molecule is Cn1c(CSC[C@H](O)c2ccccc2)cc(=O)n(C)c1=O. The molecule has 21 heavy (non-hydrogen) atoms. The molecule has 0 saturated carbocycles. The van der Waals surface area contributed by atoms with Gasteiger partial charge >= 0.3 is 5.69 Å². The number of benzene rings is 1. The number of rotatable bonds is 5. The smallest absolute Gasteiger partial charge is 0.330 e. The van der Waals surface area contributed by atoms with E-state index in [-0.39, 0.29) is 11.2 Å². The Morgan fingerprint density at radius 2 is 1.81 bits per heavy atom. The highest BCUT2D eigenvalue weighted by Crippen LogP contribution is 2.20. The van der Waals surface area contributed by atoms with E-state index in [0.29, 0.717) is 17.2 Å². The van der Waals surface area contributed by atoms with Gasteiger partial charge in [0, 0.05) is 37.4 Å². The van der Waals surface area contributed by atoms with Crippen LogP contribution in [0.4, 0.5) is 0 Å². The number of thioether (sulfide) groups is 1. The molecule has 0 unspecified atom stereocenters. The van der Waals surface area contributed by atoms with Gasteiger partial charge in [-0.05, 0) is 5.56 Å². The number of aliphatic hydroxyl groups is 1. The van der Waals surface area contributed by atoms with Crippen LogP contribution in [0.1, 0.15) is 17.4 Å². The molecule has 6 heteroatoms. The van der Waals surface area contributed by atoms with E-state index in [1.54, 1.807) is 7.05 Å². The first-order valence-corrected chi connectivity index (χ1v) is 7.73. The lowest BCUT2D eigenvalue weighted by Crippen LogP contribution is -2.37. The van der Waals surface area contributed by atoms with E-state index in [1.165, 1.54) is 29.4 Å². The van der Waals surface area contributed by atoms with Gasteiger partial charge in [-0.25, -0.2) is 4.79 Å². The Morgan fingerprint density at radius 1 is 1.14 bits per heavy atom. The topological polar surface area (TPSA) is 64.2 Å². The Hall–Kier alpha value is -1.79. The molecule has 1 aromatic carbocycles. The first kappa shape index (κ1) is 15.6. The first-order chi connectivity index (χ1) is 10.0. The number of hydrogen-bond donors (Lipinski definition) is 1. The van der Waals surface area contributed by atoms with E-state index in [9.17, 15) is 14.7 Å². The molecule has 1 atom stereocenters. The van der Waals surface area contributed by atoms with Gasteiger partial charge in [0.2, 0.25) is 0 Å². The van der Waals surface area contributed by atoms with Crippen molar-refractivity contribution in [2.24, 2.45) is 14.1 Å². The third-order valence-corrected chi connectivity index (χ3v) is 4.39. The van der Waals surface area contributed by atoms with Crippen molar-refractivity contribution < 1.29 is 5.11 Å². The van der Waals surface area contributed by atoms with E-state index < -0.39 is 6.10 Å². The van der Waals surface area contributed by atoms with Crippen molar-refractivity contribution in [1.29, 1.82) is 0 Å². The molecule has 0 aliphatic heterocycles. The van der Waals surface area contributed by atoms with E-state index in [2.05, 4.69) is 0 Å². The van der Waals surface area contributed by atoms with Gasteiger partial charge in [0.25, 0.3) is 5.56 Å². The largest absolute Gasteiger partial charge is 0.388 e. The molecule has 0 radical (unpaired) electrons. The standard InChI is InChI=1S/C15H18N2O3S/c1-16-12(8-14(19)17(2)15(16)20)9-21-10-13(18)11-6-4-3-5-7-11/h3-8,13,18H,9-10H2,1-2H3/t13-/m0/s1. The van der Waals surface area contributed by atoms with Crippen molar-refractivity contribution in [2.75, 3.05) is 5.75 Å². The maximum absolute atomic E-state index is 11.8. The summed E-state index contributed by atoms with van der Waals surface area (Å²) < 4.78 is 2.54. The zero-order chi connectivity index (χ0) is 15.4. The molecule has 1 N–H and O–H groups in total. The van der Waals surface area contributed by atoms with Crippen LogP contribution < -0.4 is 11.2 Å². The van der Waals surface area contributed by atoms with Crippen LogP contribution in [0, 0.1) is 0 Å². The lowest BCUT2D eigenvalue weighted by Gasteiger charge is -2.12. The molecule has 0 aliphatic rings. The lowest BCUT2D eigenvalue weighted by atomic mass is 10.1. The third-order valence-electron chi connectivity index (χ3n) is 3.34. The minimum Gasteiger partial charge on any atom is -0.388 e. The molecular formula is C15H18N2O3S. The molecule has 0 saturated heterocycles. The van der Waals surface area contributed by atoms with Crippen LogP contribution >= 0.6 is 11.8 Å². The highest BCUT2D eigenvalue weighted by molar-refractivity contribution is 7.98. The van der Waals surface area contributed by atoms with Crippen LogP contribution in [0.15, 0.2) is 46.0 Å². The maximum Gasteiger partial charge on any atom is 0.330 e. The van der Waals surface area contributed by atoms with Crippen molar-refractivity contribution in [3.63, 3.8) is 0 Å². The molecule has 5 nitrogen and oxygen atoms in total. The molecule has 2 aromatic rings. The summed E-state index contributed by atoms with van der Waals surface area (Å²) in [4.78, 5) is 23.4. The fourth-order valence-corrected chi connectivity index (χ4v) is 2.98. The molecule has 0 spiro atoms. The van der Waals surface area contributed by atoms with Crippen LogP contribution in [-0.2, 0) is 19.8 Å². The number of aromatic nitrogens is 2. The average Bonchev–Trinajstić information content (AvgIpc) is 2.51. The summed E-state index contributed by atoms with van der Waals surface area (Å²) in [6, 6.07) is 10.9. The monoisotopic (exact) mass is 306 g/mol. The summed E-state index contributed by atoms with van der Waals surface area (Å²) in [5.74, 6) is 1.01. The van der Waals surface area contributed by atoms with Gasteiger partial charge in [-0.15, -0.1) is 0 Å². The highest BCUT2D eigenvalue weighted by atomic mass is 32.2. The van der Waals surface area contributed by atoms with Crippen LogP contribution in [0.5, 0.6) is 0 Å². The Morgan fingerprint density at radius 3 is 2.48 bits per heavy atom. The van der Waals surface area contributed by atoms with Crippen molar-refractivity contribution in [3.05, 3.63) is 68.5 Å². The van der Waals surface area contributed by atoms with Crippen LogP contribution in [0.2, 0.25) is 0 Å². The Labute approximate surface area is 126 Å². The van der Waals surface area contributed by atoms with Gasteiger partial charge in [0.1, 0.15) is 0 Å². The van der Waals surface area contributed by atoms with Crippen molar-refractivity contribution in [1.82, 2.24) is 9.13 Å². The Bertz CT molecular complexity index is 722. The molecule has 0 fully saturated rings. The molecule has 0 amide bonds. The summed E-state index contributed by atoms with van der Waals surface area (Å²) in [5.41, 5.74) is 0.884. The number of nitrogens with zero attached hydrogens (tertiary/aromatic N) is 2. The third kappa shape index (κ3) is 3.65. The summed E-state index contributed by atoms with van der Waals surface area (Å²) >= 11 is 1.49. The van der Waals surface area contributed by atoms with Crippen molar-refractivity contribution in [2.45, 2.75) is 11.9 Å². The minimum absolute atomic E-state index is 0.308. The fourth-order valence-electron chi connectivity index (χ4n) is 1.96. The van der Waals surface area contributed by atoms with Gasteiger partial charge in [0.15, 0.2) is 0 Å². The normalized spacial score (nSPS) is 12.3. The van der Waals surface area contributed by atoms with E-state index in [1.807, 2.05) is 30.3 Å². The first-order valence-electron chi connectivity index (χ1n) is 6.57. The second-order valence-corrected chi connectivity index (χ2v) is 5.85. The van der Waals surface area contributed by atoms with Gasteiger partial charge < -0.3 is 5.11 Å². The van der Waals surface area contributed by atoms with Gasteiger partial charge in [0.05, 0.1) is 6.10 Å². The quantitative estimate of drug-likeness (QED) is 0.897. The Kier molecular flexibility index (Phi) is 5.03. The van der Waals surface area contributed by atoms with E-state index in [0.717, 1.165) is 10.1 Å². The van der Waals surface area contributed by atoms with Crippen LogP contribution in [-0.4, -0.2) is 20.0 Å². The average molecular weight is 306 g/mol. The predicted molar refractivity (Wildman–Crippen MR) is 84.5 cm³/mol. The molecule has 2 rings (SSSR count). The van der Waals surface area contributed by atoms with Gasteiger partial charge in [-0.1, -0.05) is 30.3 Å². The van der Waals surface area contributed by atoms with Gasteiger partial charge in [-0.3, -0.25) is 13.9 Å². The van der Waals surface area contributed by atoms with E-state index in [4.69, 9.17) is 0 Å².